The highest BCUT2D eigenvalue weighted by Crippen LogP contribution is 2.19. The maximum absolute atomic E-state index is 12.6. The van der Waals surface area contributed by atoms with Gasteiger partial charge in [-0.25, -0.2) is 4.98 Å². The minimum atomic E-state index is 0.0564. The van der Waals surface area contributed by atoms with Gasteiger partial charge in [0, 0.05) is 38.1 Å². The minimum Gasteiger partial charge on any atom is -0.494 e. The third-order valence-electron chi connectivity index (χ3n) is 4.55. The third-order valence-corrected chi connectivity index (χ3v) is 4.55. The molecule has 0 saturated carbocycles. The van der Waals surface area contributed by atoms with Gasteiger partial charge in [0.2, 0.25) is 0 Å². The number of nitrogens with zero attached hydrogens (tertiary/aromatic N) is 3. The summed E-state index contributed by atoms with van der Waals surface area (Å²) in [5.74, 6) is 1.61. The summed E-state index contributed by atoms with van der Waals surface area (Å²) >= 11 is 0. The van der Waals surface area contributed by atoms with Gasteiger partial charge in [0.05, 0.1) is 12.2 Å². The highest BCUT2D eigenvalue weighted by molar-refractivity contribution is 5.94. The van der Waals surface area contributed by atoms with E-state index in [9.17, 15) is 4.79 Å². The van der Waals surface area contributed by atoms with Crippen LogP contribution in [0, 0.1) is 0 Å². The molecule has 1 aromatic heterocycles. The van der Waals surface area contributed by atoms with E-state index in [1.165, 1.54) is 0 Å². The standard InChI is InChI=1S/C20H26N4O2/c1-3-23-11-13-24(14-12-23)20(25)16-5-10-19(21-15-16)22-17-6-8-18(9-7-17)26-4-2/h5-10,15H,3-4,11-14H2,1-2H3,(H,21,22). The van der Waals surface area contributed by atoms with Gasteiger partial charge in [-0.1, -0.05) is 6.92 Å². The summed E-state index contributed by atoms with van der Waals surface area (Å²) in [5.41, 5.74) is 1.56. The second-order valence-corrected chi connectivity index (χ2v) is 6.24. The van der Waals surface area contributed by atoms with E-state index < -0.39 is 0 Å². The van der Waals surface area contributed by atoms with E-state index in [4.69, 9.17) is 4.74 Å². The molecule has 0 spiro atoms. The number of carbonyl (C=O) groups excluding carboxylic acids is 1. The first-order valence-electron chi connectivity index (χ1n) is 9.17. The average molecular weight is 354 g/mol. The molecule has 3 rings (SSSR count). The van der Waals surface area contributed by atoms with E-state index in [0.717, 1.165) is 44.2 Å². The zero-order valence-corrected chi connectivity index (χ0v) is 15.4. The Hall–Kier alpha value is -2.60. The van der Waals surface area contributed by atoms with Crippen molar-refractivity contribution >= 4 is 17.4 Å². The van der Waals surface area contributed by atoms with Gasteiger partial charge in [0.1, 0.15) is 11.6 Å². The zero-order chi connectivity index (χ0) is 18.4. The second-order valence-electron chi connectivity index (χ2n) is 6.24. The second kappa shape index (κ2) is 8.67. The van der Waals surface area contributed by atoms with Crippen molar-refractivity contribution in [1.82, 2.24) is 14.8 Å². The Morgan fingerprint density at radius 3 is 2.38 bits per heavy atom. The molecule has 1 N–H and O–H groups in total. The molecule has 6 heteroatoms. The largest absolute Gasteiger partial charge is 0.494 e. The summed E-state index contributed by atoms with van der Waals surface area (Å²) in [6.07, 6.45) is 1.64. The van der Waals surface area contributed by atoms with E-state index in [1.807, 2.05) is 48.2 Å². The summed E-state index contributed by atoms with van der Waals surface area (Å²) < 4.78 is 5.44. The molecule has 1 aliphatic heterocycles. The fraction of sp³-hybridized carbons (Fsp3) is 0.400. The molecule has 0 radical (unpaired) electrons. The Balaban J connectivity index is 1.58. The van der Waals surface area contributed by atoms with Crippen LogP contribution >= 0.6 is 0 Å². The van der Waals surface area contributed by atoms with Crippen LogP contribution in [-0.4, -0.2) is 60.0 Å². The van der Waals surface area contributed by atoms with Crippen LogP contribution in [0.2, 0.25) is 0 Å². The summed E-state index contributed by atoms with van der Waals surface area (Å²) in [4.78, 5) is 21.2. The Bertz CT molecular complexity index is 708. The van der Waals surface area contributed by atoms with E-state index in [-0.39, 0.29) is 5.91 Å². The predicted octanol–water partition coefficient (Wildman–Crippen LogP) is 3.00. The van der Waals surface area contributed by atoms with Crippen molar-refractivity contribution in [3.63, 3.8) is 0 Å². The van der Waals surface area contributed by atoms with Gasteiger partial charge in [0.25, 0.3) is 5.91 Å². The normalized spacial score (nSPS) is 14.9. The van der Waals surface area contributed by atoms with Crippen LogP contribution in [0.5, 0.6) is 5.75 Å². The van der Waals surface area contributed by atoms with Crippen LogP contribution < -0.4 is 10.1 Å². The third kappa shape index (κ3) is 4.52. The lowest BCUT2D eigenvalue weighted by molar-refractivity contribution is 0.0643. The minimum absolute atomic E-state index is 0.0564. The smallest absolute Gasteiger partial charge is 0.255 e. The Kier molecular flexibility index (Phi) is 6.07. The summed E-state index contributed by atoms with van der Waals surface area (Å²) in [6, 6.07) is 11.4. The van der Waals surface area contributed by atoms with Crippen LogP contribution in [-0.2, 0) is 0 Å². The lowest BCUT2D eigenvalue weighted by atomic mass is 10.2. The first-order valence-corrected chi connectivity index (χ1v) is 9.17. The van der Waals surface area contributed by atoms with Crippen molar-refractivity contribution in [3.05, 3.63) is 48.2 Å². The molecule has 2 aromatic rings. The van der Waals surface area contributed by atoms with E-state index >= 15 is 0 Å². The average Bonchev–Trinajstić information content (AvgIpc) is 2.70. The summed E-state index contributed by atoms with van der Waals surface area (Å²) in [6.45, 7) is 9.23. The molecule has 138 valence electrons. The molecule has 1 aliphatic rings. The molecule has 1 fully saturated rings. The molecule has 0 atom stereocenters. The van der Waals surface area contributed by atoms with Crippen molar-refractivity contribution < 1.29 is 9.53 Å². The predicted molar refractivity (Wildman–Crippen MR) is 103 cm³/mol. The molecule has 1 amide bonds. The van der Waals surface area contributed by atoms with Crippen molar-refractivity contribution in [1.29, 1.82) is 0 Å². The number of likely N-dealkylation sites (N-methyl/N-ethyl adjacent to an activating group) is 1. The number of hydrogen-bond acceptors (Lipinski definition) is 5. The van der Waals surface area contributed by atoms with Gasteiger partial charge in [-0.05, 0) is 49.9 Å². The molecule has 1 aromatic carbocycles. The van der Waals surface area contributed by atoms with Gasteiger partial charge in [-0.15, -0.1) is 0 Å². The summed E-state index contributed by atoms with van der Waals surface area (Å²) in [7, 11) is 0. The van der Waals surface area contributed by atoms with Gasteiger partial charge in [-0.2, -0.15) is 0 Å². The van der Waals surface area contributed by atoms with Crippen molar-refractivity contribution in [2.75, 3.05) is 44.6 Å². The maximum atomic E-state index is 12.6. The Labute approximate surface area is 154 Å². The molecule has 6 nitrogen and oxygen atoms in total. The van der Waals surface area contributed by atoms with Crippen LogP contribution in [0.3, 0.4) is 0 Å². The summed E-state index contributed by atoms with van der Waals surface area (Å²) in [5, 5.41) is 3.23. The number of anilines is 2. The van der Waals surface area contributed by atoms with Crippen molar-refractivity contribution in [3.8, 4) is 5.75 Å². The number of nitrogens with one attached hydrogen (secondary N) is 1. The molecule has 1 saturated heterocycles. The topological polar surface area (TPSA) is 57.7 Å². The SMILES string of the molecule is CCOc1ccc(Nc2ccc(C(=O)N3CCN(CC)CC3)cn2)cc1. The van der Waals surface area contributed by atoms with Crippen LogP contribution in [0.1, 0.15) is 24.2 Å². The van der Waals surface area contributed by atoms with Crippen molar-refractivity contribution in [2.45, 2.75) is 13.8 Å². The number of carbonyl (C=O) groups is 1. The van der Waals surface area contributed by atoms with Gasteiger partial charge >= 0.3 is 0 Å². The lowest BCUT2D eigenvalue weighted by Crippen LogP contribution is -2.48. The van der Waals surface area contributed by atoms with E-state index in [2.05, 4.69) is 22.1 Å². The molecule has 0 bridgehead atoms. The molecule has 0 unspecified atom stereocenters. The van der Waals surface area contributed by atoms with Gasteiger partial charge in [-0.3, -0.25) is 4.79 Å². The first kappa shape index (κ1) is 18.2. The van der Waals surface area contributed by atoms with Gasteiger partial charge in [0.15, 0.2) is 0 Å². The maximum Gasteiger partial charge on any atom is 0.255 e. The fourth-order valence-corrected chi connectivity index (χ4v) is 2.99. The first-order chi connectivity index (χ1) is 12.7. The quantitative estimate of drug-likeness (QED) is 0.864. The highest BCUT2D eigenvalue weighted by atomic mass is 16.5. The fourth-order valence-electron chi connectivity index (χ4n) is 2.99. The van der Waals surface area contributed by atoms with Gasteiger partial charge < -0.3 is 19.9 Å². The molecular formula is C20H26N4O2. The molecular weight excluding hydrogens is 328 g/mol. The van der Waals surface area contributed by atoms with Crippen LogP contribution in [0.4, 0.5) is 11.5 Å². The number of pyridine rings is 1. The Morgan fingerprint density at radius 1 is 1.08 bits per heavy atom. The Morgan fingerprint density at radius 2 is 1.81 bits per heavy atom. The molecule has 26 heavy (non-hydrogen) atoms. The highest BCUT2D eigenvalue weighted by Gasteiger charge is 2.21. The van der Waals surface area contributed by atoms with E-state index in [1.54, 1.807) is 6.20 Å². The molecule has 2 heterocycles. The number of rotatable bonds is 6. The van der Waals surface area contributed by atoms with Crippen LogP contribution in [0.15, 0.2) is 42.6 Å². The van der Waals surface area contributed by atoms with Crippen molar-refractivity contribution in [2.24, 2.45) is 0 Å². The van der Waals surface area contributed by atoms with Crippen LogP contribution in [0.25, 0.3) is 0 Å². The number of hydrogen-bond donors (Lipinski definition) is 1. The number of piperazine rings is 1. The number of ether oxygens (including phenoxy) is 1. The van der Waals surface area contributed by atoms with E-state index in [0.29, 0.717) is 18.0 Å². The number of aromatic nitrogens is 1. The number of amides is 1. The zero-order valence-electron chi connectivity index (χ0n) is 15.4. The lowest BCUT2D eigenvalue weighted by Gasteiger charge is -2.34. The number of benzene rings is 1. The molecule has 0 aliphatic carbocycles. The monoisotopic (exact) mass is 354 g/mol.